The summed E-state index contributed by atoms with van der Waals surface area (Å²) in [5.74, 6) is -0.136. The van der Waals surface area contributed by atoms with Gasteiger partial charge in [0.1, 0.15) is 0 Å². The molecule has 1 aromatic carbocycles. The number of nitrogens with one attached hydrogen (secondary N) is 2. The van der Waals surface area contributed by atoms with E-state index >= 15 is 0 Å². The fraction of sp³-hybridized carbons (Fsp3) is 0.154. The number of anilines is 1. The van der Waals surface area contributed by atoms with E-state index in [0.29, 0.717) is 11.6 Å². The van der Waals surface area contributed by atoms with E-state index in [-0.39, 0.29) is 11.0 Å². The van der Waals surface area contributed by atoms with Crippen LogP contribution in [0.5, 0.6) is 0 Å². The Hall–Kier alpha value is -1.79. The van der Waals surface area contributed by atoms with Crippen LogP contribution >= 0.6 is 23.6 Å². The molecule has 19 heavy (non-hydrogen) atoms. The molecule has 0 fully saturated rings. The third kappa shape index (κ3) is 4.11. The highest BCUT2D eigenvalue weighted by atomic mass is 32.1. The lowest BCUT2D eigenvalue weighted by Gasteiger charge is -2.08. The molecule has 0 radical (unpaired) electrons. The van der Waals surface area contributed by atoms with Crippen LogP contribution in [0, 0.1) is 6.92 Å². The fourth-order valence-corrected chi connectivity index (χ4v) is 2.37. The molecule has 0 aliphatic heterocycles. The van der Waals surface area contributed by atoms with Gasteiger partial charge in [0.15, 0.2) is 10.2 Å². The van der Waals surface area contributed by atoms with Crippen LogP contribution in [-0.4, -0.2) is 16.0 Å². The van der Waals surface area contributed by atoms with Crippen LogP contribution in [-0.2, 0) is 11.2 Å². The van der Waals surface area contributed by atoms with Gasteiger partial charge in [-0.15, -0.1) is 11.3 Å². The van der Waals surface area contributed by atoms with Crippen molar-refractivity contribution in [2.24, 2.45) is 0 Å². The van der Waals surface area contributed by atoms with E-state index in [1.807, 2.05) is 36.6 Å². The number of thiazole rings is 1. The van der Waals surface area contributed by atoms with Crippen molar-refractivity contribution in [2.45, 2.75) is 13.3 Å². The summed E-state index contributed by atoms with van der Waals surface area (Å²) in [4.78, 5) is 15.9. The van der Waals surface area contributed by atoms with Crippen LogP contribution < -0.4 is 10.6 Å². The Kier molecular flexibility index (Phi) is 4.59. The van der Waals surface area contributed by atoms with Crippen molar-refractivity contribution in [1.29, 1.82) is 0 Å². The van der Waals surface area contributed by atoms with Crippen LogP contribution in [0.3, 0.4) is 0 Å². The Balaban J connectivity index is 1.88. The number of carbonyl (C=O) groups excluding carboxylic acids is 1. The van der Waals surface area contributed by atoms with Gasteiger partial charge in [0.05, 0.1) is 6.42 Å². The fourth-order valence-electron chi connectivity index (χ4n) is 1.57. The molecule has 1 amide bonds. The molecule has 6 heteroatoms. The second-order valence-electron chi connectivity index (χ2n) is 3.94. The van der Waals surface area contributed by atoms with Crippen LogP contribution in [0.4, 0.5) is 5.13 Å². The summed E-state index contributed by atoms with van der Waals surface area (Å²) in [7, 11) is 0. The quantitative estimate of drug-likeness (QED) is 0.853. The first kappa shape index (κ1) is 13.6. The molecule has 1 aromatic heterocycles. The number of benzene rings is 1. The number of carbonyl (C=O) groups is 1. The van der Waals surface area contributed by atoms with Gasteiger partial charge in [0.25, 0.3) is 0 Å². The average molecular weight is 291 g/mol. The van der Waals surface area contributed by atoms with Crippen molar-refractivity contribution in [1.82, 2.24) is 10.3 Å². The highest BCUT2D eigenvalue weighted by Gasteiger charge is 2.08. The molecule has 98 valence electrons. The van der Waals surface area contributed by atoms with Crippen LogP contribution in [0.25, 0.3) is 0 Å². The van der Waals surface area contributed by atoms with E-state index in [2.05, 4.69) is 15.6 Å². The predicted molar refractivity (Wildman–Crippen MR) is 81.4 cm³/mol. The summed E-state index contributed by atoms with van der Waals surface area (Å²) in [6.07, 6.45) is 1.98. The summed E-state index contributed by atoms with van der Waals surface area (Å²) in [6, 6.07) is 7.79. The highest BCUT2D eigenvalue weighted by Crippen LogP contribution is 2.10. The van der Waals surface area contributed by atoms with Crippen LogP contribution in [0.15, 0.2) is 35.8 Å². The molecule has 2 N–H and O–H groups in total. The molecular weight excluding hydrogens is 278 g/mol. The lowest BCUT2D eigenvalue weighted by atomic mass is 10.1. The molecule has 0 aliphatic carbocycles. The van der Waals surface area contributed by atoms with Gasteiger partial charge in [-0.2, -0.15) is 0 Å². The molecule has 2 rings (SSSR count). The standard InChI is InChI=1S/C13H13N3OS2/c1-9-4-2-3-5-10(9)8-11(17)15-12(18)16-13-14-6-7-19-13/h2-7H,8H2,1H3,(H2,14,15,16,17,18). The molecule has 0 unspecified atom stereocenters. The van der Waals surface area contributed by atoms with Crippen molar-refractivity contribution in [3.05, 3.63) is 47.0 Å². The first-order valence-electron chi connectivity index (χ1n) is 5.70. The minimum Gasteiger partial charge on any atom is -0.308 e. The second kappa shape index (κ2) is 6.40. The van der Waals surface area contributed by atoms with Crippen LogP contribution in [0.1, 0.15) is 11.1 Å². The Morgan fingerprint density at radius 1 is 1.42 bits per heavy atom. The smallest absolute Gasteiger partial charge is 0.230 e. The molecule has 1 heterocycles. The molecule has 0 aliphatic rings. The largest absolute Gasteiger partial charge is 0.308 e. The van der Waals surface area contributed by atoms with Crippen molar-refractivity contribution < 1.29 is 4.79 Å². The monoisotopic (exact) mass is 291 g/mol. The normalized spacial score (nSPS) is 9.95. The molecule has 2 aromatic rings. The van der Waals surface area contributed by atoms with Gasteiger partial charge < -0.3 is 10.6 Å². The maximum atomic E-state index is 11.8. The van der Waals surface area contributed by atoms with Crippen molar-refractivity contribution >= 4 is 39.7 Å². The maximum Gasteiger partial charge on any atom is 0.230 e. The second-order valence-corrected chi connectivity index (χ2v) is 5.25. The number of rotatable bonds is 3. The van der Waals surface area contributed by atoms with E-state index in [1.165, 1.54) is 11.3 Å². The predicted octanol–water partition coefficient (Wildman–Crippen LogP) is 2.51. The van der Waals surface area contributed by atoms with E-state index < -0.39 is 0 Å². The Morgan fingerprint density at radius 3 is 2.89 bits per heavy atom. The molecule has 4 nitrogen and oxygen atoms in total. The van der Waals surface area contributed by atoms with Crippen molar-refractivity contribution in [3.63, 3.8) is 0 Å². The summed E-state index contributed by atoms with van der Waals surface area (Å²) in [6.45, 7) is 1.98. The molecule has 0 bridgehead atoms. The number of aryl methyl sites for hydroxylation is 1. The number of nitrogens with zero attached hydrogens (tertiary/aromatic N) is 1. The molecule has 0 atom stereocenters. The minimum absolute atomic E-state index is 0.136. The Morgan fingerprint density at radius 2 is 2.21 bits per heavy atom. The van der Waals surface area contributed by atoms with Gasteiger partial charge in [-0.05, 0) is 30.3 Å². The average Bonchev–Trinajstić information content (AvgIpc) is 2.84. The zero-order valence-corrected chi connectivity index (χ0v) is 12.0. The number of hydrogen-bond donors (Lipinski definition) is 2. The van der Waals surface area contributed by atoms with Gasteiger partial charge in [-0.25, -0.2) is 4.98 Å². The number of amides is 1. The zero-order chi connectivity index (χ0) is 13.7. The summed E-state index contributed by atoms with van der Waals surface area (Å²) in [5, 5.41) is 8.28. The number of aromatic nitrogens is 1. The lowest BCUT2D eigenvalue weighted by molar-refractivity contribution is -0.119. The molecule has 0 spiro atoms. The first-order chi connectivity index (χ1) is 9.15. The summed E-state index contributed by atoms with van der Waals surface area (Å²) >= 11 is 6.47. The van der Waals surface area contributed by atoms with Gasteiger partial charge in [0, 0.05) is 11.6 Å². The van der Waals surface area contributed by atoms with E-state index in [0.717, 1.165) is 11.1 Å². The number of thiocarbonyl (C=S) groups is 1. The Labute approximate surface area is 120 Å². The molecule has 0 saturated carbocycles. The Bertz CT molecular complexity index is 581. The van der Waals surface area contributed by atoms with E-state index in [1.54, 1.807) is 6.20 Å². The molecule has 0 saturated heterocycles. The lowest BCUT2D eigenvalue weighted by Crippen LogP contribution is -2.35. The van der Waals surface area contributed by atoms with Gasteiger partial charge in [-0.1, -0.05) is 24.3 Å². The van der Waals surface area contributed by atoms with Gasteiger partial charge in [0.2, 0.25) is 5.91 Å². The van der Waals surface area contributed by atoms with Crippen LogP contribution in [0.2, 0.25) is 0 Å². The third-order valence-electron chi connectivity index (χ3n) is 2.52. The van der Waals surface area contributed by atoms with Gasteiger partial charge >= 0.3 is 0 Å². The summed E-state index contributed by atoms with van der Waals surface area (Å²) in [5.41, 5.74) is 2.09. The van der Waals surface area contributed by atoms with Gasteiger partial charge in [-0.3, -0.25) is 4.79 Å². The summed E-state index contributed by atoms with van der Waals surface area (Å²) < 4.78 is 0. The topological polar surface area (TPSA) is 54.0 Å². The van der Waals surface area contributed by atoms with Crippen molar-refractivity contribution in [2.75, 3.05) is 5.32 Å². The maximum absolute atomic E-state index is 11.8. The first-order valence-corrected chi connectivity index (χ1v) is 6.99. The van der Waals surface area contributed by atoms with E-state index in [9.17, 15) is 4.79 Å². The van der Waals surface area contributed by atoms with E-state index in [4.69, 9.17) is 12.2 Å². The van der Waals surface area contributed by atoms with Crippen molar-refractivity contribution in [3.8, 4) is 0 Å². The minimum atomic E-state index is -0.136. The number of hydrogen-bond acceptors (Lipinski definition) is 4. The third-order valence-corrected chi connectivity index (χ3v) is 3.41. The highest BCUT2D eigenvalue weighted by molar-refractivity contribution is 7.80. The SMILES string of the molecule is Cc1ccccc1CC(=O)NC(=S)Nc1nccs1. The zero-order valence-electron chi connectivity index (χ0n) is 10.3. The molecular formula is C13H13N3OS2.